The van der Waals surface area contributed by atoms with Crippen molar-refractivity contribution in [1.29, 1.82) is 0 Å². The molecule has 0 radical (unpaired) electrons. The lowest BCUT2D eigenvalue weighted by atomic mass is 10.1. The SMILES string of the molecule is O=C(N[C@H]1CCc2ccccc21)[C@@H]1Cc2ccccc2O1. The molecule has 1 amide bonds. The maximum Gasteiger partial charge on any atom is 0.261 e. The Morgan fingerprint density at radius 3 is 2.67 bits per heavy atom. The molecule has 0 bridgehead atoms. The fourth-order valence-electron chi connectivity index (χ4n) is 3.30. The Morgan fingerprint density at radius 2 is 1.81 bits per heavy atom. The normalized spacial score (nSPS) is 22.3. The molecule has 2 atom stereocenters. The Bertz CT molecular complexity index is 670. The van der Waals surface area contributed by atoms with Crippen molar-refractivity contribution in [2.75, 3.05) is 0 Å². The summed E-state index contributed by atoms with van der Waals surface area (Å²) in [7, 11) is 0. The first-order valence-corrected chi connectivity index (χ1v) is 7.44. The Labute approximate surface area is 123 Å². The van der Waals surface area contributed by atoms with Crippen LogP contribution < -0.4 is 10.1 Å². The predicted molar refractivity (Wildman–Crippen MR) is 80.2 cm³/mol. The quantitative estimate of drug-likeness (QED) is 0.918. The van der Waals surface area contributed by atoms with Crippen molar-refractivity contribution >= 4 is 5.91 Å². The minimum atomic E-state index is -0.393. The van der Waals surface area contributed by atoms with Crippen molar-refractivity contribution in [2.45, 2.75) is 31.4 Å². The molecule has 0 saturated heterocycles. The van der Waals surface area contributed by atoms with Crippen molar-refractivity contribution in [1.82, 2.24) is 5.32 Å². The standard InChI is InChI=1S/C18H17NO2/c20-18(17-11-13-6-2-4-8-16(13)21-17)19-15-10-9-12-5-1-3-7-14(12)15/h1-8,15,17H,9-11H2,(H,19,20)/t15-,17-/m0/s1. The molecule has 1 aliphatic heterocycles. The van der Waals surface area contributed by atoms with Crippen LogP contribution in [0.15, 0.2) is 48.5 Å². The van der Waals surface area contributed by atoms with E-state index in [1.807, 2.05) is 30.3 Å². The second-order valence-corrected chi connectivity index (χ2v) is 5.72. The first-order valence-electron chi connectivity index (χ1n) is 7.44. The lowest BCUT2D eigenvalue weighted by Crippen LogP contribution is -2.39. The molecule has 0 fully saturated rings. The number of benzene rings is 2. The topological polar surface area (TPSA) is 38.3 Å². The highest BCUT2D eigenvalue weighted by molar-refractivity contribution is 5.83. The lowest BCUT2D eigenvalue weighted by Gasteiger charge is -2.17. The highest BCUT2D eigenvalue weighted by Gasteiger charge is 2.31. The van der Waals surface area contributed by atoms with Gasteiger partial charge in [-0.2, -0.15) is 0 Å². The van der Waals surface area contributed by atoms with Gasteiger partial charge in [0.25, 0.3) is 5.91 Å². The van der Waals surface area contributed by atoms with Crippen LogP contribution >= 0.6 is 0 Å². The second kappa shape index (κ2) is 4.92. The van der Waals surface area contributed by atoms with Crippen LogP contribution in [0.2, 0.25) is 0 Å². The molecular weight excluding hydrogens is 262 g/mol. The van der Waals surface area contributed by atoms with Gasteiger partial charge in [-0.15, -0.1) is 0 Å². The van der Waals surface area contributed by atoms with Gasteiger partial charge in [0.15, 0.2) is 6.10 Å². The molecule has 4 rings (SSSR count). The lowest BCUT2D eigenvalue weighted by molar-refractivity contribution is -0.128. The van der Waals surface area contributed by atoms with Crippen LogP contribution in [-0.2, 0) is 17.6 Å². The third kappa shape index (κ3) is 2.19. The summed E-state index contributed by atoms with van der Waals surface area (Å²) in [5.74, 6) is 0.831. The predicted octanol–water partition coefficient (Wildman–Crippen LogP) is 2.79. The molecule has 3 heteroatoms. The van der Waals surface area contributed by atoms with E-state index in [9.17, 15) is 4.79 Å². The van der Waals surface area contributed by atoms with Crippen LogP contribution in [-0.4, -0.2) is 12.0 Å². The molecule has 2 aromatic carbocycles. The highest BCUT2D eigenvalue weighted by Crippen LogP contribution is 2.32. The summed E-state index contributed by atoms with van der Waals surface area (Å²) in [6, 6.07) is 16.3. The van der Waals surface area contributed by atoms with Crippen molar-refractivity contribution in [3.63, 3.8) is 0 Å². The summed E-state index contributed by atoms with van der Waals surface area (Å²) >= 11 is 0. The number of amides is 1. The molecule has 0 aromatic heterocycles. The number of hydrogen-bond donors (Lipinski definition) is 1. The molecule has 2 aromatic rings. The van der Waals surface area contributed by atoms with Gasteiger partial charge in [0.1, 0.15) is 5.75 Å². The van der Waals surface area contributed by atoms with Crippen LogP contribution in [0.4, 0.5) is 0 Å². The molecule has 1 aliphatic carbocycles. The highest BCUT2D eigenvalue weighted by atomic mass is 16.5. The Balaban J connectivity index is 1.47. The Morgan fingerprint density at radius 1 is 1.05 bits per heavy atom. The molecule has 1 N–H and O–H groups in total. The second-order valence-electron chi connectivity index (χ2n) is 5.72. The van der Waals surface area contributed by atoms with Crippen LogP contribution in [0.1, 0.15) is 29.2 Å². The van der Waals surface area contributed by atoms with Crippen molar-refractivity contribution in [3.05, 3.63) is 65.2 Å². The monoisotopic (exact) mass is 279 g/mol. The number of fused-ring (bicyclic) bond motifs is 2. The number of rotatable bonds is 2. The summed E-state index contributed by atoms with van der Waals surface area (Å²) < 4.78 is 5.75. The molecule has 1 heterocycles. The maximum absolute atomic E-state index is 12.4. The zero-order chi connectivity index (χ0) is 14.2. The fourth-order valence-corrected chi connectivity index (χ4v) is 3.30. The van der Waals surface area contributed by atoms with Gasteiger partial charge in [-0.3, -0.25) is 4.79 Å². The largest absolute Gasteiger partial charge is 0.480 e. The van der Waals surface area contributed by atoms with Gasteiger partial charge in [-0.05, 0) is 35.6 Å². The number of nitrogens with one attached hydrogen (secondary N) is 1. The maximum atomic E-state index is 12.4. The average molecular weight is 279 g/mol. The van der Waals surface area contributed by atoms with Gasteiger partial charge in [0.05, 0.1) is 6.04 Å². The van der Waals surface area contributed by atoms with E-state index in [4.69, 9.17) is 4.74 Å². The molecular formula is C18H17NO2. The molecule has 21 heavy (non-hydrogen) atoms. The summed E-state index contributed by atoms with van der Waals surface area (Å²) in [6.07, 6.45) is 2.28. The average Bonchev–Trinajstić information content (AvgIpc) is 3.11. The minimum absolute atomic E-state index is 0.00657. The van der Waals surface area contributed by atoms with E-state index < -0.39 is 6.10 Å². The third-order valence-electron chi connectivity index (χ3n) is 4.39. The number of hydrogen-bond acceptors (Lipinski definition) is 2. The van der Waals surface area contributed by atoms with Gasteiger partial charge in [-0.1, -0.05) is 42.5 Å². The molecule has 0 unspecified atom stereocenters. The number of carbonyl (C=O) groups is 1. The van der Waals surface area contributed by atoms with Gasteiger partial charge in [0.2, 0.25) is 0 Å². The number of para-hydroxylation sites is 1. The molecule has 0 spiro atoms. The van der Waals surface area contributed by atoms with E-state index in [-0.39, 0.29) is 11.9 Å². The summed E-state index contributed by atoms with van der Waals surface area (Å²) in [5.41, 5.74) is 3.71. The first-order chi connectivity index (χ1) is 10.3. The van der Waals surface area contributed by atoms with E-state index in [0.717, 1.165) is 24.2 Å². The van der Waals surface area contributed by atoms with E-state index >= 15 is 0 Å². The van der Waals surface area contributed by atoms with E-state index in [2.05, 4.69) is 23.5 Å². The molecule has 3 nitrogen and oxygen atoms in total. The summed E-state index contributed by atoms with van der Waals surface area (Å²) in [5, 5.41) is 3.15. The van der Waals surface area contributed by atoms with Crippen molar-refractivity contribution in [3.8, 4) is 5.75 Å². The van der Waals surface area contributed by atoms with E-state index in [1.165, 1.54) is 11.1 Å². The third-order valence-corrected chi connectivity index (χ3v) is 4.39. The summed E-state index contributed by atoms with van der Waals surface area (Å²) in [4.78, 5) is 12.4. The zero-order valence-corrected chi connectivity index (χ0v) is 11.7. The first kappa shape index (κ1) is 12.5. The zero-order valence-electron chi connectivity index (χ0n) is 11.7. The van der Waals surface area contributed by atoms with Gasteiger partial charge in [-0.25, -0.2) is 0 Å². The molecule has 106 valence electrons. The van der Waals surface area contributed by atoms with E-state index in [0.29, 0.717) is 6.42 Å². The smallest absolute Gasteiger partial charge is 0.261 e. The van der Waals surface area contributed by atoms with Crippen molar-refractivity contribution in [2.24, 2.45) is 0 Å². The summed E-state index contributed by atoms with van der Waals surface area (Å²) in [6.45, 7) is 0. The molecule has 0 saturated carbocycles. The van der Waals surface area contributed by atoms with Crippen LogP contribution in [0.3, 0.4) is 0 Å². The Hall–Kier alpha value is -2.29. The van der Waals surface area contributed by atoms with Gasteiger partial charge < -0.3 is 10.1 Å². The van der Waals surface area contributed by atoms with Crippen LogP contribution in [0.25, 0.3) is 0 Å². The van der Waals surface area contributed by atoms with Gasteiger partial charge >= 0.3 is 0 Å². The number of carbonyl (C=O) groups excluding carboxylic acids is 1. The van der Waals surface area contributed by atoms with Crippen molar-refractivity contribution < 1.29 is 9.53 Å². The molecule has 2 aliphatic rings. The van der Waals surface area contributed by atoms with Crippen LogP contribution in [0, 0.1) is 0 Å². The van der Waals surface area contributed by atoms with Gasteiger partial charge in [0, 0.05) is 6.42 Å². The Kier molecular flexibility index (Phi) is 2.92. The van der Waals surface area contributed by atoms with Crippen LogP contribution in [0.5, 0.6) is 5.75 Å². The van der Waals surface area contributed by atoms with E-state index in [1.54, 1.807) is 0 Å². The fraction of sp³-hybridized carbons (Fsp3) is 0.278. The number of ether oxygens (including phenoxy) is 1. The minimum Gasteiger partial charge on any atom is -0.480 e. The number of aryl methyl sites for hydroxylation is 1.